The zero-order valence-electron chi connectivity index (χ0n) is 14.0. The maximum Gasteiger partial charge on any atom is 0.262 e. The summed E-state index contributed by atoms with van der Waals surface area (Å²) in [5.41, 5.74) is 0.428. The van der Waals surface area contributed by atoms with E-state index in [1.165, 1.54) is 11.8 Å². The van der Waals surface area contributed by atoms with Crippen molar-refractivity contribution in [3.8, 4) is 0 Å². The average molecular weight is 381 g/mol. The van der Waals surface area contributed by atoms with E-state index in [-0.39, 0.29) is 10.8 Å². The van der Waals surface area contributed by atoms with Crippen LogP contribution in [0.25, 0.3) is 10.9 Å². The van der Waals surface area contributed by atoms with Crippen LogP contribution in [-0.4, -0.2) is 33.5 Å². The van der Waals surface area contributed by atoms with Gasteiger partial charge in [-0.2, -0.15) is 0 Å². The summed E-state index contributed by atoms with van der Waals surface area (Å²) in [4.78, 5) is 17.5. The van der Waals surface area contributed by atoms with Crippen LogP contribution in [0.3, 0.4) is 0 Å². The molecule has 0 aliphatic rings. The largest absolute Gasteiger partial charge is 0.424 e. The van der Waals surface area contributed by atoms with Crippen LogP contribution in [0, 0.1) is 6.92 Å². The van der Waals surface area contributed by atoms with E-state index in [1.54, 1.807) is 36.8 Å². The summed E-state index contributed by atoms with van der Waals surface area (Å²) in [5, 5.41) is 9.33. The molecule has 0 aliphatic heterocycles. The molecule has 2 heterocycles. The normalized spacial score (nSPS) is 12.6. The third kappa shape index (κ3) is 3.86. The molecule has 1 atom stereocenters. The zero-order chi connectivity index (χ0) is 18.0. The van der Waals surface area contributed by atoms with Crippen LogP contribution in [0.15, 0.2) is 32.6 Å². The van der Waals surface area contributed by atoms with Gasteiger partial charge >= 0.3 is 0 Å². The minimum Gasteiger partial charge on any atom is -0.424 e. The molecule has 1 aromatic carbocycles. The number of hydrogen-bond donors (Lipinski definition) is 0. The Hall–Kier alpha value is -1.90. The minimum atomic E-state index is -0.154. The first kappa shape index (κ1) is 17.9. The lowest BCUT2D eigenvalue weighted by atomic mass is 10.2. The van der Waals surface area contributed by atoms with Gasteiger partial charge in [0.15, 0.2) is 5.16 Å². The van der Waals surface area contributed by atoms with Gasteiger partial charge in [-0.05, 0) is 25.1 Å². The van der Waals surface area contributed by atoms with Gasteiger partial charge in [-0.15, -0.1) is 10.2 Å². The van der Waals surface area contributed by atoms with Crippen molar-refractivity contribution in [2.75, 3.05) is 13.7 Å². The summed E-state index contributed by atoms with van der Waals surface area (Å²) < 4.78 is 12.2. The molecule has 0 saturated carbocycles. The number of aromatic nitrogens is 4. The van der Waals surface area contributed by atoms with Crippen molar-refractivity contribution in [2.24, 2.45) is 0 Å². The van der Waals surface area contributed by atoms with Crippen molar-refractivity contribution in [1.82, 2.24) is 19.7 Å². The number of rotatable bonds is 6. The number of nitrogens with zero attached hydrogens (tertiary/aromatic N) is 4. The molecule has 0 bridgehead atoms. The summed E-state index contributed by atoms with van der Waals surface area (Å²) in [6.45, 7) is 4.46. The van der Waals surface area contributed by atoms with Gasteiger partial charge in [-0.25, -0.2) is 4.98 Å². The van der Waals surface area contributed by atoms with Crippen LogP contribution in [-0.2, 0) is 11.3 Å². The maximum absolute atomic E-state index is 12.8. The van der Waals surface area contributed by atoms with Crippen LogP contribution in [0.1, 0.15) is 24.0 Å². The van der Waals surface area contributed by atoms with Gasteiger partial charge in [-0.3, -0.25) is 9.36 Å². The highest BCUT2D eigenvalue weighted by atomic mass is 35.5. The fourth-order valence-corrected chi connectivity index (χ4v) is 3.46. The number of halogens is 1. The lowest BCUT2D eigenvalue weighted by Gasteiger charge is -2.14. The van der Waals surface area contributed by atoms with Crippen molar-refractivity contribution < 1.29 is 9.15 Å². The average Bonchev–Trinajstić information content (AvgIpc) is 3.01. The van der Waals surface area contributed by atoms with Crippen molar-refractivity contribution in [3.05, 3.63) is 45.4 Å². The lowest BCUT2D eigenvalue weighted by Crippen LogP contribution is -2.25. The van der Waals surface area contributed by atoms with E-state index in [4.69, 9.17) is 20.8 Å². The van der Waals surface area contributed by atoms with Crippen LogP contribution < -0.4 is 5.56 Å². The molecule has 0 aliphatic carbocycles. The van der Waals surface area contributed by atoms with Crippen LogP contribution in [0.2, 0.25) is 5.02 Å². The van der Waals surface area contributed by atoms with Gasteiger partial charge in [0.25, 0.3) is 5.56 Å². The summed E-state index contributed by atoms with van der Waals surface area (Å²) in [7, 11) is 1.59. The van der Waals surface area contributed by atoms with Crippen molar-refractivity contribution in [1.29, 1.82) is 0 Å². The summed E-state index contributed by atoms with van der Waals surface area (Å²) in [6, 6.07) is 5.06. The number of methoxy groups -OCH3 is 1. The molecule has 7 nitrogen and oxygen atoms in total. The molecule has 3 rings (SSSR count). The predicted octanol–water partition coefficient (Wildman–Crippen LogP) is 3.24. The molecular formula is C16H17ClN4O3S. The molecular weight excluding hydrogens is 364 g/mol. The molecule has 25 heavy (non-hydrogen) atoms. The van der Waals surface area contributed by atoms with E-state index in [0.717, 1.165) is 0 Å². The first-order chi connectivity index (χ1) is 12.0. The highest BCUT2D eigenvalue weighted by Gasteiger charge is 2.19. The molecule has 9 heteroatoms. The fraction of sp³-hybridized carbons (Fsp3) is 0.375. The standard InChI is InChI=1S/C16H17ClN4O3S/c1-9(14-20-19-10(2)24-14)25-16-18-13-8-11(17)4-5-12(13)15(22)21(16)6-7-23-3/h4-5,8-9H,6-7H2,1-3H3. The molecule has 0 fully saturated rings. The fourth-order valence-electron chi connectivity index (χ4n) is 2.33. The summed E-state index contributed by atoms with van der Waals surface area (Å²) in [6.07, 6.45) is 0. The van der Waals surface area contributed by atoms with Crippen LogP contribution in [0.4, 0.5) is 0 Å². The summed E-state index contributed by atoms with van der Waals surface area (Å²) in [5.74, 6) is 0.985. The Labute approximate surface area is 153 Å². The van der Waals surface area contributed by atoms with E-state index < -0.39 is 0 Å². The first-order valence-corrected chi connectivity index (χ1v) is 8.91. The Bertz CT molecular complexity index is 956. The Balaban J connectivity index is 2.05. The quantitative estimate of drug-likeness (QED) is 0.479. The second kappa shape index (κ2) is 7.55. The van der Waals surface area contributed by atoms with Crippen LogP contribution in [0.5, 0.6) is 0 Å². The molecule has 0 saturated heterocycles. The molecule has 0 amide bonds. The van der Waals surface area contributed by atoms with Crippen molar-refractivity contribution in [3.63, 3.8) is 0 Å². The number of fused-ring (bicyclic) bond motifs is 1. The predicted molar refractivity (Wildman–Crippen MR) is 96.2 cm³/mol. The van der Waals surface area contributed by atoms with E-state index >= 15 is 0 Å². The van der Waals surface area contributed by atoms with E-state index in [2.05, 4.69) is 15.2 Å². The van der Waals surface area contributed by atoms with E-state index in [0.29, 0.717) is 46.0 Å². The van der Waals surface area contributed by atoms with Gasteiger partial charge in [0.1, 0.15) is 0 Å². The Morgan fingerprint density at radius 2 is 2.20 bits per heavy atom. The second-order valence-corrected chi connectivity index (χ2v) is 7.17. The van der Waals surface area contributed by atoms with E-state index in [1.807, 2.05) is 6.92 Å². The molecule has 0 N–H and O–H groups in total. The van der Waals surface area contributed by atoms with Gasteiger partial charge < -0.3 is 9.15 Å². The molecule has 132 valence electrons. The number of thioether (sulfide) groups is 1. The first-order valence-electron chi connectivity index (χ1n) is 7.65. The molecule has 0 radical (unpaired) electrons. The SMILES string of the molecule is COCCn1c(SC(C)c2nnc(C)o2)nc2cc(Cl)ccc2c1=O. The molecule has 0 spiro atoms. The van der Waals surface area contributed by atoms with Gasteiger partial charge in [-0.1, -0.05) is 23.4 Å². The number of aryl methyl sites for hydroxylation is 1. The Kier molecular flexibility index (Phi) is 5.41. The van der Waals surface area contributed by atoms with Crippen LogP contribution >= 0.6 is 23.4 Å². The van der Waals surface area contributed by atoms with Gasteiger partial charge in [0.05, 0.1) is 29.3 Å². The molecule has 1 unspecified atom stereocenters. The number of hydrogen-bond acceptors (Lipinski definition) is 7. The second-order valence-electron chi connectivity index (χ2n) is 5.42. The number of ether oxygens (including phenoxy) is 1. The number of benzene rings is 1. The van der Waals surface area contributed by atoms with Crippen molar-refractivity contribution >= 4 is 34.3 Å². The minimum absolute atomic E-state index is 0.130. The monoisotopic (exact) mass is 380 g/mol. The van der Waals surface area contributed by atoms with Crippen molar-refractivity contribution in [2.45, 2.75) is 30.8 Å². The molecule has 2 aromatic heterocycles. The molecule has 3 aromatic rings. The topological polar surface area (TPSA) is 83.0 Å². The van der Waals surface area contributed by atoms with Gasteiger partial charge in [0, 0.05) is 19.1 Å². The highest BCUT2D eigenvalue weighted by molar-refractivity contribution is 7.99. The maximum atomic E-state index is 12.8. The third-order valence-electron chi connectivity index (χ3n) is 3.57. The Morgan fingerprint density at radius 3 is 2.88 bits per heavy atom. The highest BCUT2D eigenvalue weighted by Crippen LogP contribution is 2.33. The third-order valence-corrected chi connectivity index (χ3v) is 4.89. The smallest absolute Gasteiger partial charge is 0.262 e. The summed E-state index contributed by atoms with van der Waals surface area (Å²) >= 11 is 7.42. The van der Waals surface area contributed by atoms with Gasteiger partial charge in [0.2, 0.25) is 11.8 Å². The van der Waals surface area contributed by atoms with E-state index in [9.17, 15) is 4.79 Å². The lowest BCUT2D eigenvalue weighted by molar-refractivity contribution is 0.183. The Morgan fingerprint density at radius 1 is 1.40 bits per heavy atom. The zero-order valence-corrected chi connectivity index (χ0v) is 15.6.